The third kappa shape index (κ3) is 277. The molecule has 0 amide bonds. The Morgan fingerprint density at radius 1 is 0.875 bits per heavy atom. The van der Waals surface area contributed by atoms with E-state index in [0.717, 1.165) is 0 Å². The smallest absolute Gasteiger partial charge is 0 e. The van der Waals surface area contributed by atoms with Crippen molar-refractivity contribution in [1.82, 2.24) is 0 Å². The molecule has 0 aromatic carbocycles. The van der Waals surface area contributed by atoms with Crippen LogP contribution in [0.5, 0.6) is 0 Å². The van der Waals surface area contributed by atoms with Crippen LogP contribution >= 0.6 is 97.7 Å². The maximum Gasteiger partial charge on any atom is 2.00 e. The van der Waals surface area contributed by atoms with Crippen molar-refractivity contribution in [3.8, 4) is 0 Å². The van der Waals surface area contributed by atoms with Crippen LogP contribution in [0.4, 0.5) is 4.79 Å². The molecule has 0 N–H and O–H groups in total. The number of hydrogen-bond acceptors (Lipinski definition) is 5. The van der Waals surface area contributed by atoms with Crippen LogP contribution in [0, 0.1) is 0 Å². The van der Waals surface area contributed by atoms with Crippen LogP contribution in [0.1, 0.15) is 0 Å². The fourth-order valence-electron chi connectivity index (χ4n) is 0.167. The topological polar surface area (TPSA) is 81.7 Å². The number of rotatable bonds is 3. The van der Waals surface area contributed by atoms with Crippen LogP contribution in [0.15, 0.2) is 0 Å². The number of carbonyl (C=O) groups excluding carboxylic acids is 1. The maximum atomic E-state index is 8.33. The number of ether oxygens (including phenoxy) is 2. The fraction of sp³-hybridized carbons (Fsp3) is 0.800. The summed E-state index contributed by atoms with van der Waals surface area (Å²) in [5.41, 5.74) is 0. The van der Waals surface area contributed by atoms with E-state index in [9.17, 15) is 0 Å². The van der Waals surface area contributed by atoms with Gasteiger partial charge >= 0.3 is 161 Å². The Labute approximate surface area is 231 Å². The van der Waals surface area contributed by atoms with Gasteiger partial charge in [-0.2, -0.15) is 0 Å². The summed E-state index contributed by atoms with van der Waals surface area (Å²) in [6.07, 6.45) is -2.33. The molecule has 0 unspecified atom stereocenters. The van der Waals surface area contributed by atoms with Crippen molar-refractivity contribution in [2.45, 2.75) is 0 Å². The minimum atomic E-state index is -2.33. The van der Waals surface area contributed by atoms with E-state index in [1.165, 1.54) is 21.8 Å². The van der Waals surface area contributed by atoms with E-state index in [0.29, 0.717) is 38.5 Å². The molecule has 0 spiro atoms. The monoisotopic (exact) mass is 953 g/mol. The predicted molar refractivity (Wildman–Crippen MR) is 88.3 cm³/mol. The zero-order valence-electron chi connectivity index (χ0n) is 10.9. The van der Waals surface area contributed by atoms with Gasteiger partial charge in [-0.25, -0.2) is 0 Å². The van der Waals surface area contributed by atoms with Gasteiger partial charge < -0.3 is 24.5 Å². The average molecular weight is 964 g/mol. The summed E-state index contributed by atoms with van der Waals surface area (Å²) in [5.74, 6) is 0. The first-order valence-corrected chi connectivity index (χ1v) is 18.7. The first-order valence-electron chi connectivity index (χ1n) is 3.46. The number of carbonyl (C=O) groups is 1. The molecular formula is C5H10Br4Cl4Ni6O5. The largest absolute Gasteiger partial charge is 2.00 e. The van der Waals surface area contributed by atoms with Crippen molar-refractivity contribution in [3.63, 3.8) is 0 Å². The quantitative estimate of drug-likeness (QED) is 0.317. The Bertz CT molecular complexity index is 142. The molecule has 176 valence electrons. The molecule has 24 heavy (non-hydrogen) atoms. The zero-order valence-corrected chi connectivity index (χ0v) is 26.2. The Kier molecular flexibility index (Phi) is 171. The molecule has 5 nitrogen and oxygen atoms in total. The standard InChI is InChI=1S/C4H10O2.CH2O3.4BrH.4ClH.6Ni/c1-5-3-4-6-2;2-1(3)4;;;;;;;;;;;;;;/h3-4H2,1-2H3;(H2,2,3,4);8*1H;;;;;;/q;;;;;;;;;;;5*+2/p-10. The van der Waals surface area contributed by atoms with Crippen LogP contribution in [-0.2, 0) is 89.6 Å². The van der Waals surface area contributed by atoms with Gasteiger partial charge in [-0.3, -0.25) is 0 Å². The molecule has 0 aliphatic rings. The molecule has 0 saturated carbocycles. The Hall–Kier alpha value is 5.23. The second-order valence-corrected chi connectivity index (χ2v) is 14.6. The van der Waals surface area contributed by atoms with Gasteiger partial charge in [-0.15, -0.1) is 0 Å². The first-order chi connectivity index (χ1) is 10.3. The second kappa shape index (κ2) is 79.5. The van der Waals surface area contributed by atoms with Crippen molar-refractivity contribution >= 4 is 104 Å². The van der Waals surface area contributed by atoms with Crippen LogP contribution in [0.2, 0.25) is 0 Å². The van der Waals surface area contributed by atoms with Crippen LogP contribution < -0.4 is 10.2 Å². The minimum Gasteiger partial charge on any atom is 0 e. The molecule has 19 heteroatoms. The summed E-state index contributed by atoms with van der Waals surface area (Å²) in [6, 6.07) is 0. The van der Waals surface area contributed by atoms with E-state index in [1.54, 1.807) is 14.2 Å². The second-order valence-electron chi connectivity index (χ2n) is 1.42. The van der Waals surface area contributed by atoms with Crippen molar-refractivity contribution in [2.24, 2.45) is 0 Å². The summed E-state index contributed by atoms with van der Waals surface area (Å²) in [6.45, 7) is 1.38. The van der Waals surface area contributed by atoms with Crippen molar-refractivity contribution in [3.05, 3.63) is 0 Å². The van der Waals surface area contributed by atoms with Crippen LogP contribution in [0.25, 0.3) is 0 Å². The Morgan fingerprint density at radius 2 is 0.958 bits per heavy atom. The third-order valence-electron chi connectivity index (χ3n) is 0.492. The molecular weight excluding hydrogens is 954 g/mol. The summed E-state index contributed by atoms with van der Waals surface area (Å²) < 4.78 is 9.31. The fourth-order valence-corrected chi connectivity index (χ4v) is 0.167. The molecule has 0 atom stereocenters. The van der Waals surface area contributed by atoms with Gasteiger partial charge in [0, 0.05) is 30.7 Å². The molecule has 0 aromatic rings. The van der Waals surface area contributed by atoms with E-state index >= 15 is 0 Å². The molecule has 0 heterocycles. The zero-order chi connectivity index (χ0) is 19.2. The van der Waals surface area contributed by atoms with Gasteiger partial charge in [-0.1, -0.05) is 0 Å². The van der Waals surface area contributed by atoms with E-state index in [-0.39, 0.29) is 33.0 Å². The molecule has 0 bridgehead atoms. The van der Waals surface area contributed by atoms with Crippen molar-refractivity contribution < 1.29 is 105 Å². The maximum absolute atomic E-state index is 8.33. The van der Waals surface area contributed by atoms with Gasteiger partial charge in [-0.05, 0) is 6.16 Å². The molecule has 0 aromatic heterocycles. The third-order valence-corrected chi connectivity index (χ3v) is 0.492. The number of hydrogen-bond donors (Lipinski definition) is 0. The van der Waals surface area contributed by atoms with Gasteiger partial charge in [0.2, 0.25) is 0 Å². The summed E-state index contributed by atoms with van der Waals surface area (Å²) in [5, 5.41) is 16.7. The Morgan fingerprint density at radius 3 is 1.00 bits per heavy atom. The van der Waals surface area contributed by atoms with Crippen molar-refractivity contribution in [2.75, 3.05) is 27.4 Å². The minimum absolute atomic E-state index is 0. The van der Waals surface area contributed by atoms with Crippen LogP contribution in [-0.4, -0.2) is 33.6 Å². The van der Waals surface area contributed by atoms with Gasteiger partial charge in [0.25, 0.3) is 0 Å². The molecule has 0 aliphatic carbocycles. The molecule has 0 radical (unpaired) electrons. The molecule has 0 rings (SSSR count). The SMILES string of the molecule is COCCOC.O=C([O-])[O-].[Br][Ni][Br].[Br][Ni][Br].[Cl][Ni][Cl].[Cl][Ni][Cl].[Ni+2].[Ni]. The van der Waals surface area contributed by atoms with Gasteiger partial charge in [0.1, 0.15) is 0 Å². The summed E-state index contributed by atoms with van der Waals surface area (Å²) in [4.78, 5) is 8.33. The number of carboxylic acid groups (broad SMARTS) is 2. The van der Waals surface area contributed by atoms with Gasteiger partial charge in [0.05, 0.1) is 13.2 Å². The van der Waals surface area contributed by atoms with Crippen molar-refractivity contribution in [1.29, 1.82) is 0 Å². The van der Waals surface area contributed by atoms with Crippen LogP contribution in [0.3, 0.4) is 0 Å². The number of halogens is 8. The Balaban J connectivity index is -0.0000000216. The predicted octanol–water partition coefficient (Wildman–Crippen LogP) is 3.96. The first kappa shape index (κ1) is 51.7. The van der Waals surface area contributed by atoms with E-state index in [1.807, 2.05) is 0 Å². The van der Waals surface area contributed by atoms with Gasteiger partial charge in [0.15, 0.2) is 0 Å². The van der Waals surface area contributed by atoms with E-state index in [2.05, 4.69) is 66.4 Å². The summed E-state index contributed by atoms with van der Waals surface area (Å²) >= 11 is 13.1. The van der Waals surface area contributed by atoms with E-state index in [4.69, 9.17) is 55.8 Å². The normalized spacial score (nSPS) is 6.92. The number of methoxy groups -OCH3 is 2. The molecule has 0 aliphatic heterocycles. The molecule has 0 fully saturated rings. The van der Waals surface area contributed by atoms with E-state index < -0.39 is 6.16 Å². The summed E-state index contributed by atoms with van der Waals surface area (Å²) in [7, 11) is 24.6. The molecule has 0 saturated heterocycles. The average Bonchev–Trinajstić information content (AvgIpc) is 2.39.